The number of phosphoric ester groups is 1. The van der Waals surface area contributed by atoms with E-state index >= 15 is 0 Å². The van der Waals surface area contributed by atoms with E-state index in [0.717, 1.165) is 64.2 Å². The molecule has 476 valence electrons. The van der Waals surface area contributed by atoms with Crippen molar-refractivity contribution >= 4 is 19.8 Å². The van der Waals surface area contributed by atoms with E-state index in [1.165, 1.54) is 263 Å². The number of carbonyl (C=O) groups is 2. The van der Waals surface area contributed by atoms with E-state index in [1.807, 2.05) is 0 Å². The molecule has 0 amide bonds. The number of allylic oxidation sites excluding steroid dienone is 8. The lowest BCUT2D eigenvalue weighted by Crippen LogP contribution is -2.29. The molecule has 0 aliphatic rings. The molecule has 81 heavy (non-hydrogen) atoms. The number of unbranched alkanes of at least 4 members (excludes halogenated alkanes) is 46. The second-order valence-corrected chi connectivity index (χ2v) is 25.2. The second kappa shape index (κ2) is 67.1. The van der Waals surface area contributed by atoms with Crippen LogP contribution in [-0.2, 0) is 32.7 Å². The zero-order valence-electron chi connectivity index (χ0n) is 53.5. The summed E-state index contributed by atoms with van der Waals surface area (Å²) in [6.07, 6.45) is 85.1. The Kier molecular flexibility index (Phi) is 65.4. The molecule has 0 rings (SSSR count). The first-order valence-electron chi connectivity index (χ1n) is 35.1. The van der Waals surface area contributed by atoms with E-state index in [0.29, 0.717) is 6.42 Å². The molecule has 0 saturated heterocycles. The molecule has 10 heteroatoms. The van der Waals surface area contributed by atoms with Crippen LogP contribution in [0.4, 0.5) is 0 Å². The fraction of sp³-hybridized carbons (Fsp3) is 0.859. The fourth-order valence-electron chi connectivity index (χ4n) is 10.6. The van der Waals surface area contributed by atoms with Crippen LogP contribution >= 0.6 is 7.82 Å². The molecule has 0 bridgehead atoms. The lowest BCUT2D eigenvalue weighted by Gasteiger charge is -2.19. The standard InChI is InChI=1S/C71H134NO8P/c1-3-5-7-9-11-13-15-17-19-21-23-25-27-29-30-31-32-33-34-35-36-37-38-40-41-43-45-47-49-51-53-55-57-59-61-63-70(73)77-67-69(68-79-81(75,76)78-66-65-72)80-71(74)64-62-60-58-56-54-52-50-48-46-44-42-39-28-26-24-22-20-18-16-14-12-10-8-6-4-2/h6,8,12,14,18,20,24,26,69H,3-5,7,9-11,13,15-17,19,21-23,25,27-68,72H2,1-2H3,(H,75,76)/b8-6-,14-12-,20-18-,26-24-. The van der Waals surface area contributed by atoms with Crippen LogP contribution < -0.4 is 5.73 Å². The largest absolute Gasteiger partial charge is 0.472 e. The van der Waals surface area contributed by atoms with Crippen molar-refractivity contribution < 1.29 is 37.6 Å². The Hall–Kier alpha value is -2.03. The van der Waals surface area contributed by atoms with Gasteiger partial charge in [0.15, 0.2) is 6.10 Å². The SMILES string of the molecule is CC/C=C\C/C=C\C/C=C\C/C=C\CCCCCCCCCCCCCCC(=O)OC(COC(=O)CCCCCCCCCCCCCCCCCCCCCCCCCCCCCCCCCCCCC)COP(=O)(O)OCCN. The first-order valence-corrected chi connectivity index (χ1v) is 36.6. The van der Waals surface area contributed by atoms with Gasteiger partial charge in [-0.15, -0.1) is 0 Å². The summed E-state index contributed by atoms with van der Waals surface area (Å²) >= 11 is 0. The van der Waals surface area contributed by atoms with Crippen LogP contribution in [0.1, 0.15) is 361 Å². The Morgan fingerprint density at radius 1 is 0.383 bits per heavy atom. The monoisotopic (exact) mass is 1160 g/mol. The summed E-state index contributed by atoms with van der Waals surface area (Å²) in [5.41, 5.74) is 5.40. The van der Waals surface area contributed by atoms with Gasteiger partial charge in [-0.2, -0.15) is 0 Å². The first kappa shape index (κ1) is 79.0. The molecule has 0 saturated carbocycles. The Balaban J connectivity index is 3.80. The Labute approximate surface area is 502 Å². The normalized spacial score (nSPS) is 13.2. The van der Waals surface area contributed by atoms with Gasteiger partial charge < -0.3 is 20.1 Å². The number of carbonyl (C=O) groups excluding carboxylic acids is 2. The molecule has 0 aromatic carbocycles. The lowest BCUT2D eigenvalue weighted by molar-refractivity contribution is -0.161. The van der Waals surface area contributed by atoms with Gasteiger partial charge in [-0.25, -0.2) is 4.57 Å². The molecule has 2 unspecified atom stereocenters. The molecule has 0 radical (unpaired) electrons. The predicted octanol–water partition coefficient (Wildman–Crippen LogP) is 22.9. The van der Waals surface area contributed by atoms with Gasteiger partial charge in [0.25, 0.3) is 0 Å². The molecular formula is C71H134NO8P. The summed E-state index contributed by atoms with van der Waals surface area (Å²) in [7, 11) is -4.39. The average molecular weight is 1160 g/mol. The molecule has 0 aromatic rings. The first-order chi connectivity index (χ1) is 39.8. The molecule has 3 N–H and O–H groups in total. The molecule has 0 fully saturated rings. The van der Waals surface area contributed by atoms with Crippen LogP contribution in [0.25, 0.3) is 0 Å². The van der Waals surface area contributed by atoms with Crippen LogP contribution in [0.2, 0.25) is 0 Å². The molecular weight excluding hydrogens is 1030 g/mol. The van der Waals surface area contributed by atoms with Crippen LogP contribution in [0.5, 0.6) is 0 Å². The van der Waals surface area contributed by atoms with Crippen molar-refractivity contribution in [3.8, 4) is 0 Å². The van der Waals surface area contributed by atoms with Gasteiger partial charge in [0, 0.05) is 19.4 Å². The zero-order chi connectivity index (χ0) is 58.7. The number of esters is 2. The smallest absolute Gasteiger partial charge is 0.462 e. The fourth-order valence-corrected chi connectivity index (χ4v) is 11.3. The Bertz CT molecular complexity index is 1470. The Morgan fingerprint density at radius 3 is 1.01 bits per heavy atom. The van der Waals surface area contributed by atoms with E-state index in [4.69, 9.17) is 24.3 Å². The summed E-state index contributed by atoms with van der Waals surface area (Å²) in [6, 6.07) is 0. The van der Waals surface area contributed by atoms with Crippen LogP contribution in [0.15, 0.2) is 48.6 Å². The van der Waals surface area contributed by atoms with Gasteiger partial charge >= 0.3 is 19.8 Å². The third-order valence-corrected chi connectivity index (χ3v) is 16.7. The van der Waals surface area contributed by atoms with Gasteiger partial charge in [-0.3, -0.25) is 18.6 Å². The summed E-state index contributed by atoms with van der Waals surface area (Å²) in [5, 5.41) is 0. The van der Waals surface area contributed by atoms with Crippen molar-refractivity contribution in [3.05, 3.63) is 48.6 Å². The van der Waals surface area contributed by atoms with E-state index in [1.54, 1.807) is 0 Å². The molecule has 9 nitrogen and oxygen atoms in total. The summed E-state index contributed by atoms with van der Waals surface area (Å²) in [5.74, 6) is -0.812. The van der Waals surface area contributed by atoms with E-state index < -0.39 is 26.5 Å². The number of hydrogen-bond acceptors (Lipinski definition) is 8. The Morgan fingerprint density at radius 2 is 0.679 bits per heavy atom. The number of phosphoric acid groups is 1. The van der Waals surface area contributed by atoms with E-state index in [9.17, 15) is 19.0 Å². The van der Waals surface area contributed by atoms with Crippen molar-refractivity contribution in [2.45, 2.75) is 367 Å². The van der Waals surface area contributed by atoms with Gasteiger partial charge in [-0.05, 0) is 51.4 Å². The zero-order valence-corrected chi connectivity index (χ0v) is 54.4. The molecule has 0 spiro atoms. The van der Waals surface area contributed by atoms with Crippen molar-refractivity contribution in [1.82, 2.24) is 0 Å². The van der Waals surface area contributed by atoms with Crippen LogP contribution in [-0.4, -0.2) is 49.3 Å². The number of nitrogens with two attached hydrogens (primary N) is 1. The molecule has 0 aliphatic carbocycles. The lowest BCUT2D eigenvalue weighted by atomic mass is 10.0. The highest BCUT2D eigenvalue weighted by Gasteiger charge is 2.26. The van der Waals surface area contributed by atoms with Crippen molar-refractivity contribution in [3.63, 3.8) is 0 Å². The van der Waals surface area contributed by atoms with E-state index in [-0.39, 0.29) is 38.6 Å². The van der Waals surface area contributed by atoms with E-state index in [2.05, 4.69) is 62.5 Å². The van der Waals surface area contributed by atoms with Gasteiger partial charge in [0.1, 0.15) is 6.61 Å². The minimum atomic E-state index is -4.39. The molecule has 0 aliphatic heterocycles. The highest BCUT2D eigenvalue weighted by atomic mass is 31.2. The third kappa shape index (κ3) is 67.0. The maximum absolute atomic E-state index is 12.7. The maximum Gasteiger partial charge on any atom is 0.472 e. The third-order valence-electron chi connectivity index (χ3n) is 15.7. The number of ether oxygens (including phenoxy) is 2. The van der Waals surface area contributed by atoms with Gasteiger partial charge in [0.2, 0.25) is 0 Å². The average Bonchev–Trinajstić information content (AvgIpc) is 3.46. The minimum absolute atomic E-state index is 0.0539. The number of rotatable bonds is 67. The van der Waals surface area contributed by atoms with Crippen LogP contribution in [0, 0.1) is 0 Å². The summed E-state index contributed by atoms with van der Waals surface area (Å²) in [4.78, 5) is 35.3. The second-order valence-electron chi connectivity index (χ2n) is 23.7. The molecule has 2 atom stereocenters. The topological polar surface area (TPSA) is 134 Å². The quantitative estimate of drug-likeness (QED) is 0.0264. The van der Waals surface area contributed by atoms with Gasteiger partial charge in [-0.1, -0.05) is 345 Å². The van der Waals surface area contributed by atoms with Crippen molar-refractivity contribution in [2.24, 2.45) is 5.73 Å². The summed E-state index contributed by atoms with van der Waals surface area (Å²) < 4.78 is 33.2. The summed E-state index contributed by atoms with van der Waals surface area (Å²) in [6.45, 7) is 3.69. The predicted molar refractivity (Wildman–Crippen MR) is 349 cm³/mol. The highest BCUT2D eigenvalue weighted by Crippen LogP contribution is 2.43. The molecule has 0 heterocycles. The van der Waals surface area contributed by atoms with Crippen LogP contribution in [0.3, 0.4) is 0 Å². The van der Waals surface area contributed by atoms with Crippen molar-refractivity contribution in [2.75, 3.05) is 26.4 Å². The number of hydrogen-bond donors (Lipinski definition) is 2. The van der Waals surface area contributed by atoms with Crippen molar-refractivity contribution in [1.29, 1.82) is 0 Å². The maximum atomic E-state index is 12.7. The highest BCUT2D eigenvalue weighted by molar-refractivity contribution is 7.47. The van der Waals surface area contributed by atoms with Gasteiger partial charge in [0.05, 0.1) is 13.2 Å². The molecule has 0 aromatic heterocycles. The minimum Gasteiger partial charge on any atom is -0.462 e.